The topological polar surface area (TPSA) is 68.5 Å². The molecule has 0 saturated carbocycles. The predicted molar refractivity (Wildman–Crippen MR) is 90.9 cm³/mol. The van der Waals surface area contributed by atoms with E-state index in [4.69, 9.17) is 9.15 Å². The summed E-state index contributed by atoms with van der Waals surface area (Å²) >= 11 is 0. The van der Waals surface area contributed by atoms with Crippen LogP contribution in [0.3, 0.4) is 0 Å². The van der Waals surface area contributed by atoms with Gasteiger partial charge in [0.2, 0.25) is 5.76 Å². The Balaban J connectivity index is 1.72. The van der Waals surface area contributed by atoms with Gasteiger partial charge >= 0.3 is 5.97 Å². The molecule has 3 aromatic rings. The molecule has 2 aromatic carbocycles. The van der Waals surface area contributed by atoms with Crippen LogP contribution in [0.15, 0.2) is 52.9 Å². The van der Waals surface area contributed by atoms with Crippen molar-refractivity contribution in [3.05, 3.63) is 65.7 Å². The predicted octanol–water partition coefficient (Wildman–Crippen LogP) is 4.06. The number of nitrogens with one attached hydrogen (secondary N) is 1. The van der Waals surface area contributed by atoms with Crippen LogP contribution in [0.2, 0.25) is 0 Å². The molecule has 3 rings (SSSR count). The molecule has 0 spiro atoms. The molecule has 1 heterocycles. The molecule has 1 aromatic heterocycles. The molecule has 128 valence electrons. The molecule has 0 fully saturated rings. The molecule has 1 N–H and O–H groups in total. The standard InChI is InChI=1S/C19H16FNO4/c1-11-13-7-3-6-10-16(13)25-17(11)19(23)24-12(2)18(22)21-15-9-5-4-8-14(15)20/h3-10,12H,1-2H3,(H,21,22)/t12-/m1/s1. The first-order valence-corrected chi connectivity index (χ1v) is 7.72. The molecular weight excluding hydrogens is 325 g/mol. The first-order valence-electron chi connectivity index (χ1n) is 7.72. The van der Waals surface area contributed by atoms with E-state index < -0.39 is 23.8 Å². The second-order valence-electron chi connectivity index (χ2n) is 5.57. The van der Waals surface area contributed by atoms with Gasteiger partial charge in [-0.2, -0.15) is 0 Å². The average Bonchev–Trinajstić information content (AvgIpc) is 2.94. The van der Waals surface area contributed by atoms with Gasteiger partial charge in [0, 0.05) is 10.9 Å². The lowest BCUT2D eigenvalue weighted by molar-refractivity contribution is -0.123. The maximum atomic E-state index is 13.6. The summed E-state index contributed by atoms with van der Waals surface area (Å²) < 4.78 is 24.2. The highest BCUT2D eigenvalue weighted by atomic mass is 19.1. The van der Waals surface area contributed by atoms with Crippen molar-refractivity contribution in [2.45, 2.75) is 20.0 Å². The fourth-order valence-electron chi connectivity index (χ4n) is 2.43. The van der Waals surface area contributed by atoms with Crippen molar-refractivity contribution in [3.8, 4) is 0 Å². The number of para-hydroxylation sites is 2. The van der Waals surface area contributed by atoms with E-state index in [0.29, 0.717) is 11.1 Å². The van der Waals surface area contributed by atoms with Crippen LogP contribution >= 0.6 is 0 Å². The largest absolute Gasteiger partial charge is 0.449 e. The number of rotatable bonds is 4. The van der Waals surface area contributed by atoms with Gasteiger partial charge in [0.1, 0.15) is 11.4 Å². The fourth-order valence-corrected chi connectivity index (χ4v) is 2.43. The first-order chi connectivity index (χ1) is 12.0. The number of benzene rings is 2. The number of anilines is 1. The Morgan fingerprint density at radius 2 is 1.80 bits per heavy atom. The minimum atomic E-state index is -1.11. The van der Waals surface area contributed by atoms with Crippen LogP contribution in [0.1, 0.15) is 23.0 Å². The van der Waals surface area contributed by atoms with Gasteiger partial charge in [0.25, 0.3) is 5.91 Å². The van der Waals surface area contributed by atoms with Gasteiger partial charge in [-0.1, -0.05) is 30.3 Å². The van der Waals surface area contributed by atoms with E-state index in [1.165, 1.54) is 25.1 Å². The molecule has 25 heavy (non-hydrogen) atoms. The number of ether oxygens (including phenoxy) is 1. The van der Waals surface area contributed by atoms with Gasteiger partial charge in [-0.3, -0.25) is 4.79 Å². The molecule has 1 atom stereocenters. The van der Waals surface area contributed by atoms with Crippen LogP contribution in [0, 0.1) is 12.7 Å². The van der Waals surface area contributed by atoms with Gasteiger partial charge < -0.3 is 14.5 Å². The Kier molecular flexibility index (Phi) is 4.52. The van der Waals surface area contributed by atoms with Crippen molar-refractivity contribution in [1.29, 1.82) is 0 Å². The van der Waals surface area contributed by atoms with Gasteiger partial charge in [-0.05, 0) is 32.0 Å². The number of hydrogen-bond donors (Lipinski definition) is 1. The summed E-state index contributed by atoms with van der Waals surface area (Å²) in [5.74, 6) is -1.90. The van der Waals surface area contributed by atoms with Crippen LogP contribution in [0.4, 0.5) is 10.1 Å². The molecule has 0 aliphatic rings. The number of amides is 1. The highest BCUT2D eigenvalue weighted by Gasteiger charge is 2.24. The quantitative estimate of drug-likeness (QED) is 0.727. The van der Waals surface area contributed by atoms with Crippen LogP contribution in [0.25, 0.3) is 11.0 Å². The monoisotopic (exact) mass is 341 g/mol. The minimum absolute atomic E-state index is 0.0234. The molecule has 0 aliphatic heterocycles. The lowest BCUT2D eigenvalue weighted by atomic mass is 10.1. The molecule has 0 bridgehead atoms. The summed E-state index contributed by atoms with van der Waals surface area (Å²) in [5, 5.41) is 3.19. The summed E-state index contributed by atoms with van der Waals surface area (Å²) in [6.07, 6.45) is -1.11. The zero-order valence-electron chi connectivity index (χ0n) is 13.7. The molecule has 0 unspecified atom stereocenters. The maximum Gasteiger partial charge on any atom is 0.375 e. The SMILES string of the molecule is Cc1c(C(=O)O[C@H](C)C(=O)Nc2ccccc2F)oc2ccccc12. The van der Waals surface area contributed by atoms with Crippen molar-refractivity contribution in [2.75, 3.05) is 5.32 Å². The van der Waals surface area contributed by atoms with Crippen LogP contribution in [-0.2, 0) is 9.53 Å². The van der Waals surface area contributed by atoms with Crippen molar-refractivity contribution < 1.29 is 23.1 Å². The summed E-state index contributed by atoms with van der Waals surface area (Å²) in [4.78, 5) is 24.4. The number of furan rings is 1. The van der Waals surface area contributed by atoms with Crippen molar-refractivity contribution in [3.63, 3.8) is 0 Å². The third-order valence-electron chi connectivity index (χ3n) is 3.81. The average molecular weight is 341 g/mol. The normalized spacial score (nSPS) is 12.0. The zero-order valence-corrected chi connectivity index (χ0v) is 13.7. The summed E-state index contributed by atoms with van der Waals surface area (Å²) in [5.41, 5.74) is 1.23. The van der Waals surface area contributed by atoms with E-state index in [1.807, 2.05) is 12.1 Å². The molecule has 0 saturated heterocycles. The molecular formula is C19H16FNO4. The second-order valence-corrected chi connectivity index (χ2v) is 5.57. The zero-order chi connectivity index (χ0) is 18.0. The van der Waals surface area contributed by atoms with Gasteiger partial charge in [0.05, 0.1) is 5.69 Å². The Hall–Kier alpha value is -3.15. The lowest BCUT2D eigenvalue weighted by Crippen LogP contribution is -2.30. The van der Waals surface area contributed by atoms with Crippen LogP contribution in [-0.4, -0.2) is 18.0 Å². The van der Waals surface area contributed by atoms with Crippen LogP contribution in [0.5, 0.6) is 0 Å². The number of hydrogen-bond acceptors (Lipinski definition) is 4. The third-order valence-corrected chi connectivity index (χ3v) is 3.81. The van der Waals surface area contributed by atoms with E-state index in [9.17, 15) is 14.0 Å². The van der Waals surface area contributed by atoms with E-state index in [2.05, 4.69) is 5.32 Å². The summed E-state index contributed by atoms with van der Waals surface area (Å²) in [7, 11) is 0. The summed E-state index contributed by atoms with van der Waals surface area (Å²) in [6, 6.07) is 13.0. The molecule has 5 nitrogen and oxygen atoms in total. The van der Waals surface area contributed by atoms with Gasteiger partial charge in [-0.25, -0.2) is 9.18 Å². The highest BCUT2D eigenvalue weighted by molar-refractivity contribution is 5.99. The molecule has 6 heteroatoms. The second kappa shape index (κ2) is 6.76. The number of halogens is 1. The lowest BCUT2D eigenvalue weighted by Gasteiger charge is -2.13. The fraction of sp³-hybridized carbons (Fsp3) is 0.158. The van der Waals surface area contributed by atoms with E-state index >= 15 is 0 Å². The van der Waals surface area contributed by atoms with E-state index in [1.54, 1.807) is 25.1 Å². The first kappa shape index (κ1) is 16.7. The third kappa shape index (κ3) is 3.38. The smallest absolute Gasteiger partial charge is 0.375 e. The highest BCUT2D eigenvalue weighted by Crippen LogP contribution is 2.25. The van der Waals surface area contributed by atoms with Gasteiger partial charge in [0.15, 0.2) is 6.10 Å². The van der Waals surface area contributed by atoms with Gasteiger partial charge in [-0.15, -0.1) is 0 Å². The number of aryl methyl sites for hydroxylation is 1. The van der Waals surface area contributed by atoms with Crippen molar-refractivity contribution in [1.82, 2.24) is 0 Å². The van der Waals surface area contributed by atoms with E-state index in [-0.39, 0.29) is 11.4 Å². The molecule has 1 amide bonds. The van der Waals surface area contributed by atoms with Crippen molar-refractivity contribution >= 4 is 28.5 Å². The number of carbonyl (C=O) groups excluding carboxylic acids is 2. The van der Waals surface area contributed by atoms with E-state index in [0.717, 1.165) is 5.39 Å². The maximum absolute atomic E-state index is 13.6. The number of fused-ring (bicyclic) bond motifs is 1. The molecule has 0 radical (unpaired) electrons. The Labute approximate surface area is 143 Å². The number of carbonyl (C=O) groups is 2. The summed E-state index contributed by atoms with van der Waals surface area (Å²) in [6.45, 7) is 3.15. The van der Waals surface area contributed by atoms with Crippen LogP contribution < -0.4 is 5.32 Å². The Morgan fingerprint density at radius 1 is 1.12 bits per heavy atom. The van der Waals surface area contributed by atoms with Crippen molar-refractivity contribution in [2.24, 2.45) is 0 Å². The Morgan fingerprint density at radius 3 is 2.52 bits per heavy atom. The Bertz CT molecular complexity index is 948. The minimum Gasteiger partial charge on any atom is -0.449 e. The number of esters is 1. The molecule has 0 aliphatic carbocycles.